The maximum Gasteiger partial charge on any atom is 0.188 e. The van der Waals surface area contributed by atoms with Gasteiger partial charge in [0.1, 0.15) is 17.1 Å². The Balaban J connectivity index is 2.00. The number of benzene rings is 1. The van der Waals surface area contributed by atoms with Gasteiger partial charge in [-0.05, 0) is 24.2 Å². The van der Waals surface area contributed by atoms with Gasteiger partial charge in [-0.25, -0.2) is 15.0 Å². The van der Waals surface area contributed by atoms with Gasteiger partial charge >= 0.3 is 0 Å². The molecule has 3 aromatic rings. The van der Waals surface area contributed by atoms with Gasteiger partial charge in [0.15, 0.2) is 5.16 Å². The molecular weight excluding hydrogens is 292 g/mol. The maximum atomic E-state index is 4.46. The van der Waals surface area contributed by atoms with Gasteiger partial charge in [-0.2, -0.15) is 0 Å². The van der Waals surface area contributed by atoms with Crippen molar-refractivity contribution in [2.24, 2.45) is 7.05 Å². The minimum atomic E-state index is 0.708. The summed E-state index contributed by atoms with van der Waals surface area (Å²) in [5.74, 6) is 6.28. The first-order chi connectivity index (χ1) is 10.8. The van der Waals surface area contributed by atoms with Gasteiger partial charge in [0.05, 0.1) is 6.33 Å². The van der Waals surface area contributed by atoms with E-state index < -0.39 is 0 Å². The quantitative estimate of drug-likeness (QED) is 0.415. The van der Waals surface area contributed by atoms with E-state index in [2.05, 4.69) is 26.8 Å². The molecule has 108 valence electrons. The second kappa shape index (κ2) is 6.46. The van der Waals surface area contributed by atoms with Crippen molar-refractivity contribution in [2.45, 2.75) is 5.16 Å². The molecule has 1 aromatic carbocycles. The number of hydrogen-bond donors (Lipinski definition) is 0. The molecule has 4 nitrogen and oxygen atoms in total. The second-order valence-electron chi connectivity index (χ2n) is 4.60. The van der Waals surface area contributed by atoms with Crippen molar-refractivity contribution in [3.05, 3.63) is 60.3 Å². The number of nitrogens with zero attached hydrogens (tertiary/aromatic N) is 4. The van der Waals surface area contributed by atoms with Crippen LogP contribution < -0.4 is 0 Å². The molecule has 2 aromatic heterocycles. The molecule has 3 rings (SSSR count). The Kier molecular flexibility index (Phi) is 4.22. The number of hydrogen-bond acceptors (Lipinski definition) is 4. The molecule has 0 aliphatic heterocycles. The van der Waals surface area contributed by atoms with E-state index in [1.165, 1.54) is 11.8 Å². The number of imidazole rings is 1. The highest BCUT2D eigenvalue weighted by molar-refractivity contribution is 7.98. The Morgan fingerprint density at radius 2 is 1.86 bits per heavy atom. The van der Waals surface area contributed by atoms with Crippen LogP contribution in [0.15, 0.2) is 54.1 Å². The van der Waals surface area contributed by atoms with E-state index in [4.69, 9.17) is 0 Å². The molecule has 22 heavy (non-hydrogen) atoms. The smallest absolute Gasteiger partial charge is 0.188 e. The highest BCUT2D eigenvalue weighted by Crippen LogP contribution is 2.20. The first-order valence-electron chi connectivity index (χ1n) is 6.73. The normalized spacial score (nSPS) is 10.1. The molecule has 0 unspecified atom stereocenters. The van der Waals surface area contributed by atoms with Gasteiger partial charge in [-0.3, -0.25) is 0 Å². The van der Waals surface area contributed by atoms with Crippen LogP contribution in [0.1, 0.15) is 11.4 Å². The summed E-state index contributed by atoms with van der Waals surface area (Å²) in [7, 11) is 1.94. The summed E-state index contributed by atoms with van der Waals surface area (Å²) < 4.78 is 1.92. The lowest BCUT2D eigenvalue weighted by Gasteiger charge is -1.99. The fourth-order valence-electron chi connectivity index (χ4n) is 2.02. The lowest BCUT2D eigenvalue weighted by atomic mass is 10.1. The molecule has 2 heterocycles. The van der Waals surface area contributed by atoms with Crippen LogP contribution in [0.25, 0.3) is 11.3 Å². The third kappa shape index (κ3) is 3.02. The van der Waals surface area contributed by atoms with Crippen LogP contribution in [0.3, 0.4) is 0 Å². The monoisotopic (exact) mass is 306 g/mol. The number of thioether (sulfide) groups is 1. The number of aryl methyl sites for hydroxylation is 1. The van der Waals surface area contributed by atoms with Crippen LogP contribution in [0.2, 0.25) is 0 Å². The highest BCUT2D eigenvalue weighted by atomic mass is 32.2. The van der Waals surface area contributed by atoms with Crippen molar-refractivity contribution in [3.63, 3.8) is 0 Å². The highest BCUT2D eigenvalue weighted by Gasteiger charge is 2.08. The van der Waals surface area contributed by atoms with Crippen molar-refractivity contribution in [1.82, 2.24) is 19.5 Å². The maximum absolute atomic E-state index is 4.46. The van der Waals surface area contributed by atoms with Crippen molar-refractivity contribution >= 4 is 11.8 Å². The van der Waals surface area contributed by atoms with Gasteiger partial charge in [-0.1, -0.05) is 42.1 Å². The van der Waals surface area contributed by atoms with E-state index in [9.17, 15) is 0 Å². The largest absolute Gasteiger partial charge is 0.327 e. The molecule has 0 saturated heterocycles. The second-order valence-corrected chi connectivity index (χ2v) is 5.37. The van der Waals surface area contributed by atoms with E-state index in [1.54, 1.807) is 12.5 Å². The minimum absolute atomic E-state index is 0.708. The molecular formula is C17H14N4S. The zero-order chi connectivity index (χ0) is 15.4. The van der Waals surface area contributed by atoms with E-state index in [0.29, 0.717) is 5.69 Å². The van der Waals surface area contributed by atoms with Crippen molar-refractivity contribution in [3.8, 4) is 23.1 Å². The average Bonchev–Trinajstić information content (AvgIpc) is 2.95. The van der Waals surface area contributed by atoms with Crippen LogP contribution in [0, 0.1) is 11.8 Å². The Hall–Kier alpha value is -2.58. The summed E-state index contributed by atoms with van der Waals surface area (Å²) in [5.41, 5.74) is 3.52. The molecule has 5 heteroatoms. The predicted molar refractivity (Wildman–Crippen MR) is 88.4 cm³/mol. The van der Waals surface area contributed by atoms with Crippen LogP contribution in [-0.4, -0.2) is 25.8 Å². The fraction of sp³-hybridized carbons (Fsp3) is 0.118. The molecule has 0 spiro atoms. The lowest BCUT2D eigenvalue weighted by molar-refractivity contribution is 0.899. The average molecular weight is 306 g/mol. The van der Waals surface area contributed by atoms with Crippen molar-refractivity contribution in [1.29, 1.82) is 0 Å². The molecule has 0 bridgehead atoms. The van der Waals surface area contributed by atoms with E-state index in [-0.39, 0.29) is 0 Å². The Bertz CT molecular complexity index is 844. The topological polar surface area (TPSA) is 43.6 Å². The molecule has 0 N–H and O–H groups in total. The third-order valence-corrected chi connectivity index (χ3v) is 3.67. The molecule has 0 amide bonds. The Morgan fingerprint density at radius 1 is 1.05 bits per heavy atom. The number of aromatic nitrogens is 4. The SMILES string of the molecule is CSc1nccc(C#Cc2c(-c3ccccc3)ncn2C)n1. The van der Waals surface area contributed by atoms with E-state index >= 15 is 0 Å². The predicted octanol–water partition coefficient (Wildman–Crippen LogP) is 3.00. The summed E-state index contributed by atoms with van der Waals surface area (Å²) in [5, 5.41) is 0.722. The lowest BCUT2D eigenvalue weighted by Crippen LogP contribution is -1.93. The van der Waals surface area contributed by atoms with Gasteiger partial charge in [-0.15, -0.1) is 0 Å². The minimum Gasteiger partial charge on any atom is -0.327 e. The third-order valence-electron chi connectivity index (χ3n) is 3.11. The summed E-state index contributed by atoms with van der Waals surface area (Å²) >= 11 is 1.50. The van der Waals surface area contributed by atoms with Crippen LogP contribution in [0.4, 0.5) is 0 Å². The Labute approximate surface area is 133 Å². The standard InChI is InChI=1S/C17H14N4S/c1-21-12-19-16(13-6-4-3-5-7-13)15(21)9-8-14-10-11-18-17(20-14)22-2/h3-7,10-12H,1-2H3. The van der Waals surface area contributed by atoms with E-state index in [0.717, 1.165) is 22.1 Å². The summed E-state index contributed by atoms with van der Waals surface area (Å²) in [6, 6.07) is 11.9. The van der Waals surface area contributed by atoms with Crippen LogP contribution in [-0.2, 0) is 7.05 Å². The summed E-state index contributed by atoms with van der Waals surface area (Å²) in [6.45, 7) is 0. The number of rotatable bonds is 2. The van der Waals surface area contributed by atoms with Gasteiger partial charge in [0, 0.05) is 18.8 Å². The first kappa shape index (κ1) is 14.4. The van der Waals surface area contributed by atoms with E-state index in [1.807, 2.05) is 54.3 Å². The van der Waals surface area contributed by atoms with Gasteiger partial charge in [0.25, 0.3) is 0 Å². The summed E-state index contributed by atoms with van der Waals surface area (Å²) in [4.78, 5) is 13.0. The molecule has 0 aliphatic carbocycles. The molecule has 0 atom stereocenters. The van der Waals surface area contributed by atoms with Crippen LogP contribution >= 0.6 is 11.8 Å². The van der Waals surface area contributed by atoms with Crippen molar-refractivity contribution < 1.29 is 0 Å². The molecule has 0 aliphatic rings. The fourth-order valence-corrected chi connectivity index (χ4v) is 2.37. The molecule has 0 radical (unpaired) electrons. The zero-order valence-corrected chi connectivity index (χ0v) is 13.1. The first-order valence-corrected chi connectivity index (χ1v) is 7.96. The van der Waals surface area contributed by atoms with Gasteiger partial charge in [0.2, 0.25) is 0 Å². The van der Waals surface area contributed by atoms with Gasteiger partial charge < -0.3 is 4.57 Å². The van der Waals surface area contributed by atoms with Crippen molar-refractivity contribution in [2.75, 3.05) is 6.26 Å². The molecule has 0 fully saturated rings. The summed E-state index contributed by atoms with van der Waals surface area (Å²) in [6.07, 6.45) is 5.45. The zero-order valence-electron chi connectivity index (χ0n) is 12.3. The molecule has 0 saturated carbocycles. The Morgan fingerprint density at radius 3 is 2.64 bits per heavy atom. The van der Waals surface area contributed by atoms with Crippen LogP contribution in [0.5, 0.6) is 0 Å².